The Bertz CT molecular complexity index is 430. The number of ether oxygens (including phenoxy) is 1. The van der Waals surface area contributed by atoms with Crippen molar-refractivity contribution < 1.29 is 19.1 Å². The Balaban J connectivity index is 2.05. The molecule has 0 spiro atoms. The maximum Gasteiger partial charge on any atom is 0.411 e. The molecule has 0 radical (unpaired) electrons. The van der Waals surface area contributed by atoms with E-state index in [1.54, 1.807) is 4.90 Å². The van der Waals surface area contributed by atoms with Crippen LogP contribution in [0.5, 0.6) is 0 Å². The Morgan fingerprint density at radius 1 is 1.53 bits per heavy atom. The quantitative estimate of drug-likeness (QED) is 0.814. The zero-order valence-corrected chi connectivity index (χ0v) is 10.3. The molecule has 0 unspecified atom stereocenters. The van der Waals surface area contributed by atoms with Crippen molar-refractivity contribution in [3.05, 3.63) is 23.2 Å². The smallest absolute Gasteiger partial charge is 0.411 e. The average molecular weight is 239 g/mol. The standard InChI is InChI=1S/C12H17NO4/c1-12(2,3)17-11(15)13-4-9-8(6-14)7-16-10(9)5-13/h7,14H,4-6H2,1-3H3. The first-order chi connectivity index (χ1) is 7.90. The van der Waals surface area contributed by atoms with E-state index in [0.717, 1.165) is 16.9 Å². The topological polar surface area (TPSA) is 62.9 Å². The molecular weight excluding hydrogens is 222 g/mol. The van der Waals surface area contributed by atoms with Crippen LogP contribution in [-0.2, 0) is 24.4 Å². The van der Waals surface area contributed by atoms with Crippen LogP contribution in [0.2, 0.25) is 0 Å². The van der Waals surface area contributed by atoms with Crippen molar-refractivity contribution in [3.63, 3.8) is 0 Å². The Labute approximate surface area is 100.0 Å². The zero-order chi connectivity index (χ0) is 12.6. The fraction of sp³-hybridized carbons (Fsp3) is 0.583. The molecule has 1 aliphatic heterocycles. The number of amides is 1. The van der Waals surface area contributed by atoms with E-state index >= 15 is 0 Å². The third-order valence-electron chi connectivity index (χ3n) is 2.57. The summed E-state index contributed by atoms with van der Waals surface area (Å²) in [4.78, 5) is 13.4. The molecule has 2 heterocycles. The Hall–Kier alpha value is -1.49. The van der Waals surface area contributed by atoms with Crippen LogP contribution in [0, 0.1) is 0 Å². The molecule has 0 saturated heterocycles. The summed E-state index contributed by atoms with van der Waals surface area (Å²) in [6, 6.07) is 0. The average Bonchev–Trinajstić information content (AvgIpc) is 2.72. The molecular formula is C12H17NO4. The maximum absolute atomic E-state index is 11.8. The van der Waals surface area contributed by atoms with Crippen LogP contribution in [0.3, 0.4) is 0 Å². The van der Waals surface area contributed by atoms with Crippen molar-refractivity contribution in [2.24, 2.45) is 0 Å². The summed E-state index contributed by atoms with van der Waals surface area (Å²) in [5, 5.41) is 9.11. The molecule has 0 atom stereocenters. The van der Waals surface area contributed by atoms with Crippen LogP contribution in [0.4, 0.5) is 4.79 Å². The molecule has 94 valence electrons. The van der Waals surface area contributed by atoms with Gasteiger partial charge in [-0.3, -0.25) is 4.90 Å². The van der Waals surface area contributed by atoms with Gasteiger partial charge in [0, 0.05) is 11.1 Å². The first-order valence-corrected chi connectivity index (χ1v) is 5.57. The Morgan fingerprint density at radius 3 is 2.82 bits per heavy atom. The lowest BCUT2D eigenvalue weighted by molar-refractivity contribution is 0.0233. The van der Waals surface area contributed by atoms with Gasteiger partial charge in [-0.05, 0) is 20.8 Å². The third-order valence-corrected chi connectivity index (χ3v) is 2.57. The minimum Gasteiger partial charge on any atom is -0.467 e. The van der Waals surface area contributed by atoms with Crippen molar-refractivity contribution in [1.82, 2.24) is 4.90 Å². The van der Waals surface area contributed by atoms with Crippen LogP contribution in [-0.4, -0.2) is 21.7 Å². The second-order valence-corrected chi connectivity index (χ2v) is 5.16. The predicted octanol–water partition coefficient (Wildman–Crippen LogP) is 2.02. The van der Waals surface area contributed by atoms with Gasteiger partial charge < -0.3 is 14.3 Å². The summed E-state index contributed by atoms with van der Waals surface area (Å²) in [5.74, 6) is 0.736. The summed E-state index contributed by atoms with van der Waals surface area (Å²) in [6.07, 6.45) is 1.18. The maximum atomic E-state index is 11.8. The van der Waals surface area contributed by atoms with Gasteiger partial charge in [0.2, 0.25) is 0 Å². The molecule has 0 saturated carbocycles. The van der Waals surface area contributed by atoms with Gasteiger partial charge in [-0.1, -0.05) is 0 Å². The van der Waals surface area contributed by atoms with Gasteiger partial charge in [-0.15, -0.1) is 0 Å². The molecule has 1 N–H and O–H groups in total. The number of aliphatic hydroxyl groups excluding tert-OH is 1. The van der Waals surface area contributed by atoms with Gasteiger partial charge in [0.15, 0.2) is 0 Å². The lowest BCUT2D eigenvalue weighted by atomic mass is 10.2. The van der Waals surface area contributed by atoms with Crippen LogP contribution in [0.15, 0.2) is 10.7 Å². The second kappa shape index (κ2) is 4.07. The number of hydrogen-bond donors (Lipinski definition) is 1. The molecule has 1 aromatic rings. The highest BCUT2D eigenvalue weighted by atomic mass is 16.6. The number of fused-ring (bicyclic) bond motifs is 1. The number of aliphatic hydroxyl groups is 1. The molecule has 0 bridgehead atoms. The van der Waals surface area contributed by atoms with Crippen molar-refractivity contribution in [3.8, 4) is 0 Å². The van der Waals surface area contributed by atoms with Gasteiger partial charge in [0.25, 0.3) is 0 Å². The summed E-state index contributed by atoms with van der Waals surface area (Å²) in [6.45, 7) is 6.27. The van der Waals surface area contributed by atoms with Gasteiger partial charge in [0.05, 0.1) is 26.0 Å². The Morgan fingerprint density at radius 2 is 2.24 bits per heavy atom. The molecule has 2 rings (SSSR count). The molecule has 1 amide bonds. The van der Waals surface area contributed by atoms with Gasteiger partial charge in [-0.25, -0.2) is 4.79 Å². The Kier molecular flexibility index (Phi) is 2.87. The van der Waals surface area contributed by atoms with Crippen LogP contribution < -0.4 is 0 Å². The minimum absolute atomic E-state index is 0.0685. The van der Waals surface area contributed by atoms with Crippen molar-refractivity contribution in [2.45, 2.75) is 46.1 Å². The van der Waals surface area contributed by atoms with E-state index in [2.05, 4.69) is 0 Å². The normalized spacial score (nSPS) is 14.9. The van der Waals surface area contributed by atoms with E-state index in [1.807, 2.05) is 20.8 Å². The molecule has 17 heavy (non-hydrogen) atoms. The number of nitrogens with zero attached hydrogens (tertiary/aromatic N) is 1. The summed E-state index contributed by atoms with van der Waals surface area (Å²) < 4.78 is 10.6. The molecule has 0 aliphatic carbocycles. The number of carbonyl (C=O) groups excluding carboxylic acids is 1. The lowest BCUT2D eigenvalue weighted by Crippen LogP contribution is -2.33. The first kappa shape index (κ1) is 12.0. The van der Waals surface area contributed by atoms with Crippen LogP contribution >= 0.6 is 0 Å². The molecule has 1 aromatic heterocycles. The number of hydrogen-bond acceptors (Lipinski definition) is 4. The third kappa shape index (κ3) is 2.44. The SMILES string of the molecule is CC(C)(C)OC(=O)N1Cc2occ(CO)c2C1. The van der Waals surface area contributed by atoms with Gasteiger partial charge >= 0.3 is 6.09 Å². The highest BCUT2D eigenvalue weighted by molar-refractivity contribution is 5.69. The second-order valence-electron chi connectivity index (χ2n) is 5.16. The predicted molar refractivity (Wildman–Crippen MR) is 60.1 cm³/mol. The summed E-state index contributed by atoms with van der Waals surface area (Å²) in [7, 11) is 0. The molecule has 5 heteroatoms. The van der Waals surface area contributed by atoms with Crippen molar-refractivity contribution in [2.75, 3.05) is 0 Å². The van der Waals surface area contributed by atoms with E-state index in [4.69, 9.17) is 14.3 Å². The number of carbonyl (C=O) groups is 1. The van der Waals surface area contributed by atoms with E-state index in [-0.39, 0.29) is 12.7 Å². The number of rotatable bonds is 1. The van der Waals surface area contributed by atoms with Gasteiger partial charge in [-0.2, -0.15) is 0 Å². The molecule has 0 fully saturated rings. The lowest BCUT2D eigenvalue weighted by Gasteiger charge is -2.24. The van der Waals surface area contributed by atoms with Crippen molar-refractivity contribution in [1.29, 1.82) is 0 Å². The summed E-state index contributed by atoms with van der Waals surface area (Å²) >= 11 is 0. The van der Waals surface area contributed by atoms with E-state index in [1.165, 1.54) is 6.26 Å². The molecule has 5 nitrogen and oxygen atoms in total. The van der Waals surface area contributed by atoms with E-state index in [0.29, 0.717) is 13.1 Å². The first-order valence-electron chi connectivity index (χ1n) is 5.57. The minimum atomic E-state index is -0.499. The highest BCUT2D eigenvalue weighted by Crippen LogP contribution is 2.28. The van der Waals surface area contributed by atoms with Crippen molar-refractivity contribution >= 4 is 6.09 Å². The van der Waals surface area contributed by atoms with E-state index in [9.17, 15) is 4.79 Å². The molecule has 0 aromatic carbocycles. The monoisotopic (exact) mass is 239 g/mol. The van der Waals surface area contributed by atoms with Crippen LogP contribution in [0.25, 0.3) is 0 Å². The fourth-order valence-electron chi connectivity index (χ4n) is 1.79. The number of furan rings is 1. The highest BCUT2D eigenvalue weighted by Gasteiger charge is 2.31. The fourth-order valence-corrected chi connectivity index (χ4v) is 1.79. The van der Waals surface area contributed by atoms with Gasteiger partial charge in [0.1, 0.15) is 11.4 Å². The zero-order valence-electron chi connectivity index (χ0n) is 10.3. The molecule has 1 aliphatic rings. The van der Waals surface area contributed by atoms with Crippen LogP contribution in [0.1, 0.15) is 37.7 Å². The summed E-state index contributed by atoms with van der Waals surface area (Å²) in [5.41, 5.74) is 1.14. The largest absolute Gasteiger partial charge is 0.467 e. The van der Waals surface area contributed by atoms with E-state index < -0.39 is 5.60 Å².